The second-order valence-electron chi connectivity index (χ2n) is 3.15. The van der Waals surface area contributed by atoms with Crippen LogP contribution in [0, 0.1) is 5.92 Å². The van der Waals surface area contributed by atoms with Gasteiger partial charge in [-0.1, -0.05) is 0 Å². The van der Waals surface area contributed by atoms with E-state index in [4.69, 9.17) is 0 Å². The lowest BCUT2D eigenvalue weighted by Gasteiger charge is -2.19. The molecule has 1 aliphatic rings. The summed E-state index contributed by atoms with van der Waals surface area (Å²) in [5.41, 5.74) is 0. The largest absolute Gasteiger partial charge is 0.464 e. The molecule has 1 aliphatic heterocycles. The maximum absolute atomic E-state index is 12.4. The molecule has 0 bridgehead atoms. The normalized spacial score (nSPS) is 26.3. The molecule has 1 N–H and O–H groups in total. The van der Waals surface area contributed by atoms with Crippen molar-refractivity contribution >= 4 is 11.9 Å². The molecule has 86 valence electrons. The molecule has 0 aliphatic carbocycles. The second kappa shape index (κ2) is 4.08. The molecule has 4 nitrogen and oxygen atoms in total. The Kier molecular flexibility index (Phi) is 3.21. The van der Waals surface area contributed by atoms with Gasteiger partial charge in [0.05, 0.1) is 12.5 Å². The van der Waals surface area contributed by atoms with E-state index in [0.717, 1.165) is 0 Å². The number of hydrogen-bond acceptors (Lipinski definition) is 3. The fourth-order valence-corrected chi connectivity index (χ4v) is 1.41. The van der Waals surface area contributed by atoms with Gasteiger partial charge in [0.2, 0.25) is 5.91 Å². The molecule has 0 saturated carbocycles. The average molecular weight is 225 g/mol. The van der Waals surface area contributed by atoms with Gasteiger partial charge in [0.25, 0.3) is 0 Å². The summed E-state index contributed by atoms with van der Waals surface area (Å²) < 4.78 is 41.6. The Morgan fingerprint density at radius 2 is 2.20 bits per heavy atom. The van der Waals surface area contributed by atoms with Crippen LogP contribution >= 0.6 is 0 Å². The van der Waals surface area contributed by atoms with Crippen molar-refractivity contribution < 1.29 is 27.5 Å². The van der Waals surface area contributed by atoms with Gasteiger partial charge in [-0.05, 0) is 6.92 Å². The van der Waals surface area contributed by atoms with Gasteiger partial charge in [-0.15, -0.1) is 0 Å². The van der Waals surface area contributed by atoms with Crippen molar-refractivity contribution in [3.63, 3.8) is 0 Å². The van der Waals surface area contributed by atoms with Crippen LogP contribution in [-0.4, -0.2) is 30.7 Å². The Morgan fingerprint density at radius 1 is 1.60 bits per heavy atom. The van der Waals surface area contributed by atoms with Gasteiger partial charge in [0, 0.05) is 6.42 Å². The van der Waals surface area contributed by atoms with Gasteiger partial charge in [-0.2, -0.15) is 13.2 Å². The Labute approximate surface area is 83.8 Å². The van der Waals surface area contributed by atoms with Crippen molar-refractivity contribution in [2.45, 2.75) is 25.6 Å². The highest BCUT2D eigenvalue weighted by Gasteiger charge is 2.53. The van der Waals surface area contributed by atoms with Gasteiger partial charge in [0.15, 0.2) is 0 Å². The van der Waals surface area contributed by atoms with Crippen molar-refractivity contribution in [3.8, 4) is 0 Å². The molecule has 0 spiro atoms. The van der Waals surface area contributed by atoms with Crippen LogP contribution in [0.3, 0.4) is 0 Å². The van der Waals surface area contributed by atoms with E-state index in [1.165, 1.54) is 6.92 Å². The molecule has 7 heteroatoms. The van der Waals surface area contributed by atoms with E-state index >= 15 is 0 Å². The standard InChI is InChI=1S/C8H10F3NO3/c1-2-15-7(14)6-4(8(9,10)11)3-5(13)12-6/h4,6H,2-3H2,1H3,(H,12,13)/t4-,6-/m1/s1. The summed E-state index contributed by atoms with van der Waals surface area (Å²) >= 11 is 0. The molecule has 1 amide bonds. The van der Waals surface area contributed by atoms with E-state index in [9.17, 15) is 22.8 Å². The zero-order valence-electron chi connectivity index (χ0n) is 7.93. The first-order valence-electron chi connectivity index (χ1n) is 4.39. The lowest BCUT2D eigenvalue weighted by molar-refractivity contribution is -0.185. The number of ether oxygens (including phenoxy) is 1. The molecule has 15 heavy (non-hydrogen) atoms. The number of esters is 1. The SMILES string of the molecule is CCOC(=O)[C@@H]1NC(=O)C[C@H]1C(F)(F)F. The Morgan fingerprint density at radius 3 is 2.67 bits per heavy atom. The fraction of sp³-hybridized carbons (Fsp3) is 0.750. The number of hydrogen-bond donors (Lipinski definition) is 1. The van der Waals surface area contributed by atoms with Crippen LogP contribution in [-0.2, 0) is 14.3 Å². The summed E-state index contributed by atoms with van der Waals surface area (Å²) in [5.74, 6) is -3.80. The summed E-state index contributed by atoms with van der Waals surface area (Å²) in [6.45, 7) is 1.47. The van der Waals surface area contributed by atoms with E-state index < -0.39 is 36.4 Å². The highest BCUT2D eigenvalue weighted by atomic mass is 19.4. The molecule has 1 saturated heterocycles. The number of halogens is 3. The van der Waals surface area contributed by atoms with Gasteiger partial charge in [-0.25, -0.2) is 4.79 Å². The highest BCUT2D eigenvalue weighted by molar-refractivity contribution is 5.89. The number of rotatable bonds is 2. The van der Waals surface area contributed by atoms with E-state index in [1.54, 1.807) is 0 Å². The van der Waals surface area contributed by atoms with E-state index in [2.05, 4.69) is 4.74 Å². The van der Waals surface area contributed by atoms with Crippen molar-refractivity contribution in [3.05, 3.63) is 0 Å². The molecule has 2 atom stereocenters. The zero-order chi connectivity index (χ0) is 11.6. The first-order chi connectivity index (χ1) is 6.86. The van der Waals surface area contributed by atoms with Gasteiger partial charge in [0.1, 0.15) is 6.04 Å². The lowest BCUT2D eigenvalue weighted by atomic mass is 10.0. The first-order valence-corrected chi connectivity index (χ1v) is 4.39. The summed E-state index contributed by atoms with van der Waals surface area (Å²) in [5, 5.41) is 1.96. The number of alkyl halides is 3. The molecular weight excluding hydrogens is 215 g/mol. The van der Waals surface area contributed by atoms with E-state index in [1.807, 2.05) is 5.32 Å². The summed E-state index contributed by atoms with van der Waals surface area (Å²) in [6, 6.07) is -1.60. The number of nitrogens with one attached hydrogen (secondary N) is 1. The first kappa shape index (κ1) is 11.8. The Hall–Kier alpha value is -1.27. The Balaban J connectivity index is 2.77. The maximum atomic E-state index is 12.4. The topological polar surface area (TPSA) is 55.4 Å². The predicted octanol–water partition coefficient (Wildman–Crippen LogP) is 0.616. The maximum Gasteiger partial charge on any atom is 0.394 e. The average Bonchev–Trinajstić information content (AvgIpc) is 2.47. The molecule has 0 radical (unpaired) electrons. The van der Waals surface area contributed by atoms with Crippen LogP contribution in [0.15, 0.2) is 0 Å². The third-order valence-corrected chi connectivity index (χ3v) is 2.09. The Bertz CT molecular complexity index is 277. The zero-order valence-corrected chi connectivity index (χ0v) is 7.93. The van der Waals surface area contributed by atoms with Gasteiger partial charge in [-0.3, -0.25) is 4.79 Å². The third kappa shape index (κ3) is 2.60. The van der Waals surface area contributed by atoms with Crippen molar-refractivity contribution in [1.82, 2.24) is 5.32 Å². The van der Waals surface area contributed by atoms with Crippen LogP contribution < -0.4 is 5.32 Å². The molecule has 0 aromatic carbocycles. The number of amides is 1. The molecule has 1 fully saturated rings. The van der Waals surface area contributed by atoms with Crippen LogP contribution in [0.25, 0.3) is 0 Å². The van der Waals surface area contributed by atoms with Crippen LogP contribution in [0.4, 0.5) is 13.2 Å². The van der Waals surface area contributed by atoms with Gasteiger partial charge < -0.3 is 10.1 Å². The van der Waals surface area contributed by atoms with Crippen LogP contribution in [0.1, 0.15) is 13.3 Å². The number of carbonyl (C=O) groups is 2. The summed E-state index contributed by atoms with van der Waals surface area (Å²) in [4.78, 5) is 21.9. The predicted molar refractivity (Wildman–Crippen MR) is 42.7 cm³/mol. The molecule has 0 aromatic heterocycles. The molecule has 0 unspecified atom stereocenters. The number of carbonyl (C=O) groups excluding carboxylic acids is 2. The van der Waals surface area contributed by atoms with Crippen LogP contribution in [0.5, 0.6) is 0 Å². The fourth-order valence-electron chi connectivity index (χ4n) is 1.41. The third-order valence-electron chi connectivity index (χ3n) is 2.09. The summed E-state index contributed by atoms with van der Waals surface area (Å²) in [7, 11) is 0. The quantitative estimate of drug-likeness (QED) is 0.701. The molecule has 1 rings (SSSR count). The van der Waals surface area contributed by atoms with Crippen molar-refractivity contribution in [2.75, 3.05) is 6.61 Å². The second-order valence-corrected chi connectivity index (χ2v) is 3.15. The molecule has 1 heterocycles. The lowest BCUT2D eigenvalue weighted by Crippen LogP contribution is -2.43. The van der Waals surface area contributed by atoms with Crippen molar-refractivity contribution in [2.24, 2.45) is 5.92 Å². The minimum Gasteiger partial charge on any atom is -0.464 e. The van der Waals surface area contributed by atoms with Crippen molar-refractivity contribution in [1.29, 1.82) is 0 Å². The van der Waals surface area contributed by atoms with E-state index in [0.29, 0.717) is 0 Å². The van der Waals surface area contributed by atoms with E-state index in [-0.39, 0.29) is 6.61 Å². The van der Waals surface area contributed by atoms with Gasteiger partial charge >= 0.3 is 12.1 Å². The molecular formula is C8H10F3NO3. The summed E-state index contributed by atoms with van der Waals surface area (Å²) in [6.07, 6.45) is -5.29. The minimum absolute atomic E-state index is 0.0181. The molecule has 0 aromatic rings. The minimum atomic E-state index is -4.57. The van der Waals surface area contributed by atoms with Crippen LogP contribution in [0.2, 0.25) is 0 Å². The highest BCUT2D eigenvalue weighted by Crippen LogP contribution is 2.35. The smallest absolute Gasteiger partial charge is 0.394 e. The monoisotopic (exact) mass is 225 g/mol.